The largest absolute Gasteiger partial charge is 0.481 e. The molecule has 1 saturated heterocycles. The van der Waals surface area contributed by atoms with Crippen molar-refractivity contribution in [2.75, 3.05) is 6.54 Å². The zero-order valence-corrected chi connectivity index (χ0v) is 6.84. The van der Waals surface area contributed by atoms with Crippen LogP contribution >= 0.6 is 0 Å². The molecule has 3 nitrogen and oxygen atoms in total. The summed E-state index contributed by atoms with van der Waals surface area (Å²) in [7, 11) is 0. The second-order valence-corrected chi connectivity index (χ2v) is 3.35. The average Bonchev–Trinajstić information content (AvgIpc) is 1.93. The van der Waals surface area contributed by atoms with Crippen LogP contribution in [0.1, 0.15) is 26.2 Å². The van der Waals surface area contributed by atoms with Crippen molar-refractivity contribution in [1.29, 1.82) is 0 Å². The van der Waals surface area contributed by atoms with Crippen molar-refractivity contribution in [1.82, 2.24) is 5.32 Å². The van der Waals surface area contributed by atoms with Crippen LogP contribution in [0.25, 0.3) is 0 Å². The van der Waals surface area contributed by atoms with Crippen LogP contribution in [0.15, 0.2) is 0 Å². The number of nitrogens with one attached hydrogen (secondary N) is 1. The summed E-state index contributed by atoms with van der Waals surface area (Å²) in [5.74, 6) is -0.324. The molecule has 2 unspecified atom stereocenters. The van der Waals surface area contributed by atoms with Gasteiger partial charge in [-0.05, 0) is 32.2 Å². The summed E-state index contributed by atoms with van der Waals surface area (Å²) in [4.78, 5) is 10.3. The van der Waals surface area contributed by atoms with Crippen LogP contribution in [0, 0.1) is 5.92 Å². The first kappa shape index (κ1) is 8.53. The highest BCUT2D eigenvalue weighted by Gasteiger charge is 2.19. The van der Waals surface area contributed by atoms with Gasteiger partial charge >= 0.3 is 5.97 Å². The summed E-state index contributed by atoms with van der Waals surface area (Å²) in [6, 6.07) is 0.569. The Kier molecular flexibility index (Phi) is 2.88. The standard InChI is InChI=1S/C8H15NO2/c1-6-2-3-7(5-9-6)4-8(10)11/h6-7,9H,2-5H2,1H3,(H,10,11). The van der Waals surface area contributed by atoms with E-state index in [9.17, 15) is 4.79 Å². The van der Waals surface area contributed by atoms with Crippen molar-refractivity contribution in [3.63, 3.8) is 0 Å². The average molecular weight is 157 g/mol. The molecule has 64 valence electrons. The Bertz CT molecular complexity index is 139. The van der Waals surface area contributed by atoms with E-state index in [1.807, 2.05) is 0 Å². The molecule has 0 saturated carbocycles. The lowest BCUT2D eigenvalue weighted by molar-refractivity contribution is -0.138. The van der Waals surface area contributed by atoms with Crippen LogP contribution in [0.5, 0.6) is 0 Å². The number of carboxylic acids is 1. The molecule has 0 aromatic carbocycles. The van der Waals surface area contributed by atoms with E-state index < -0.39 is 5.97 Å². The van der Waals surface area contributed by atoms with Gasteiger partial charge in [-0.2, -0.15) is 0 Å². The van der Waals surface area contributed by atoms with Crippen LogP contribution in [-0.2, 0) is 4.79 Å². The monoisotopic (exact) mass is 157 g/mol. The summed E-state index contributed by atoms with van der Waals surface area (Å²) in [5.41, 5.74) is 0. The number of hydrogen-bond acceptors (Lipinski definition) is 2. The van der Waals surface area contributed by atoms with Gasteiger partial charge in [-0.3, -0.25) is 4.79 Å². The van der Waals surface area contributed by atoms with Crippen LogP contribution in [0.2, 0.25) is 0 Å². The molecule has 1 fully saturated rings. The molecule has 0 amide bonds. The molecular formula is C8H15NO2. The first-order valence-electron chi connectivity index (χ1n) is 4.13. The van der Waals surface area contributed by atoms with Crippen molar-refractivity contribution in [3.05, 3.63) is 0 Å². The lowest BCUT2D eigenvalue weighted by Gasteiger charge is -2.26. The van der Waals surface area contributed by atoms with E-state index in [1.165, 1.54) is 0 Å². The predicted octanol–water partition coefficient (Wildman–Crippen LogP) is 0.849. The maximum atomic E-state index is 10.3. The van der Waals surface area contributed by atoms with Crippen molar-refractivity contribution in [2.45, 2.75) is 32.2 Å². The minimum Gasteiger partial charge on any atom is -0.481 e. The Morgan fingerprint density at radius 2 is 2.36 bits per heavy atom. The lowest BCUT2D eigenvalue weighted by Crippen LogP contribution is -2.37. The van der Waals surface area contributed by atoms with Gasteiger partial charge in [-0.15, -0.1) is 0 Å². The van der Waals surface area contributed by atoms with Gasteiger partial charge in [-0.1, -0.05) is 0 Å². The zero-order valence-electron chi connectivity index (χ0n) is 6.84. The fraction of sp³-hybridized carbons (Fsp3) is 0.875. The molecule has 0 aromatic heterocycles. The number of rotatable bonds is 2. The van der Waals surface area contributed by atoms with Crippen molar-refractivity contribution >= 4 is 5.97 Å². The lowest BCUT2D eigenvalue weighted by atomic mass is 9.93. The van der Waals surface area contributed by atoms with E-state index in [2.05, 4.69) is 12.2 Å². The summed E-state index contributed by atoms with van der Waals surface area (Å²) in [5, 5.41) is 11.8. The molecule has 0 bridgehead atoms. The van der Waals surface area contributed by atoms with E-state index in [0.29, 0.717) is 18.4 Å². The zero-order chi connectivity index (χ0) is 8.27. The van der Waals surface area contributed by atoms with E-state index >= 15 is 0 Å². The SMILES string of the molecule is CC1CCC(CC(=O)O)CN1. The van der Waals surface area contributed by atoms with Crippen LogP contribution in [-0.4, -0.2) is 23.7 Å². The van der Waals surface area contributed by atoms with Crippen molar-refractivity contribution in [2.24, 2.45) is 5.92 Å². The van der Waals surface area contributed by atoms with E-state index in [4.69, 9.17) is 5.11 Å². The molecule has 0 aliphatic carbocycles. The predicted molar refractivity (Wildman–Crippen MR) is 42.4 cm³/mol. The van der Waals surface area contributed by atoms with Crippen LogP contribution in [0.4, 0.5) is 0 Å². The van der Waals surface area contributed by atoms with Gasteiger partial charge in [0.25, 0.3) is 0 Å². The Balaban J connectivity index is 2.22. The fourth-order valence-corrected chi connectivity index (χ4v) is 1.48. The van der Waals surface area contributed by atoms with Gasteiger partial charge in [0.2, 0.25) is 0 Å². The smallest absolute Gasteiger partial charge is 0.303 e. The highest BCUT2D eigenvalue weighted by molar-refractivity contribution is 5.67. The first-order chi connectivity index (χ1) is 5.18. The summed E-state index contributed by atoms with van der Waals surface area (Å²) in [6.07, 6.45) is 2.48. The molecule has 1 aliphatic rings. The summed E-state index contributed by atoms with van der Waals surface area (Å²) >= 11 is 0. The third-order valence-corrected chi connectivity index (χ3v) is 2.23. The normalized spacial score (nSPS) is 31.7. The van der Waals surface area contributed by atoms with E-state index in [-0.39, 0.29) is 0 Å². The van der Waals surface area contributed by atoms with Crippen LogP contribution in [0.3, 0.4) is 0 Å². The minimum absolute atomic E-state index is 0.319. The topological polar surface area (TPSA) is 49.3 Å². The molecule has 11 heavy (non-hydrogen) atoms. The molecule has 0 aromatic rings. The molecule has 2 N–H and O–H groups in total. The maximum absolute atomic E-state index is 10.3. The van der Waals surface area contributed by atoms with Gasteiger partial charge in [-0.25, -0.2) is 0 Å². The third-order valence-electron chi connectivity index (χ3n) is 2.23. The van der Waals surface area contributed by atoms with E-state index in [0.717, 1.165) is 19.4 Å². The van der Waals surface area contributed by atoms with Crippen LogP contribution < -0.4 is 5.32 Å². The number of aliphatic carboxylic acids is 1. The second-order valence-electron chi connectivity index (χ2n) is 3.35. The van der Waals surface area contributed by atoms with Gasteiger partial charge in [0.15, 0.2) is 0 Å². The first-order valence-corrected chi connectivity index (χ1v) is 4.13. The molecule has 0 radical (unpaired) electrons. The fourth-order valence-electron chi connectivity index (χ4n) is 1.48. The number of piperidine rings is 1. The van der Waals surface area contributed by atoms with E-state index in [1.54, 1.807) is 0 Å². The molecule has 3 heteroatoms. The highest BCUT2D eigenvalue weighted by Crippen LogP contribution is 2.16. The minimum atomic E-state index is -0.675. The Labute approximate surface area is 66.8 Å². The summed E-state index contributed by atoms with van der Waals surface area (Å²) < 4.78 is 0. The third kappa shape index (κ3) is 2.89. The van der Waals surface area contributed by atoms with Gasteiger partial charge in [0, 0.05) is 12.5 Å². The maximum Gasteiger partial charge on any atom is 0.303 e. The molecule has 1 heterocycles. The quantitative estimate of drug-likeness (QED) is 0.624. The Morgan fingerprint density at radius 1 is 1.64 bits per heavy atom. The number of carboxylic acid groups (broad SMARTS) is 1. The van der Waals surface area contributed by atoms with Gasteiger partial charge in [0.05, 0.1) is 0 Å². The molecule has 2 atom stereocenters. The van der Waals surface area contributed by atoms with Crippen molar-refractivity contribution in [3.8, 4) is 0 Å². The summed E-state index contributed by atoms with van der Waals surface area (Å²) in [6.45, 7) is 3.00. The molecule has 1 aliphatic heterocycles. The van der Waals surface area contributed by atoms with Gasteiger partial charge < -0.3 is 10.4 Å². The second kappa shape index (κ2) is 3.72. The van der Waals surface area contributed by atoms with Gasteiger partial charge in [0.1, 0.15) is 0 Å². The highest BCUT2D eigenvalue weighted by atomic mass is 16.4. The molecular weight excluding hydrogens is 142 g/mol. The molecule has 1 rings (SSSR count). The van der Waals surface area contributed by atoms with Crippen molar-refractivity contribution < 1.29 is 9.90 Å². The number of carbonyl (C=O) groups is 1. The Morgan fingerprint density at radius 3 is 2.82 bits per heavy atom. The molecule has 0 spiro atoms. The number of hydrogen-bond donors (Lipinski definition) is 2. The Hall–Kier alpha value is -0.570.